The van der Waals surface area contributed by atoms with E-state index < -0.39 is 0 Å². The second-order valence-corrected chi connectivity index (χ2v) is 5.49. The molecule has 100 valence electrons. The van der Waals surface area contributed by atoms with Gasteiger partial charge in [0.1, 0.15) is 0 Å². The summed E-state index contributed by atoms with van der Waals surface area (Å²) in [4.78, 5) is 13.9. The molecule has 4 heteroatoms. The van der Waals surface area contributed by atoms with Gasteiger partial charge in [-0.25, -0.2) is 0 Å². The average molecular weight is 360 g/mol. The van der Waals surface area contributed by atoms with Crippen molar-refractivity contribution in [2.24, 2.45) is 0 Å². The first-order valence-corrected chi connectivity index (χ1v) is 7.43. The van der Waals surface area contributed by atoms with Crippen molar-refractivity contribution in [1.29, 1.82) is 0 Å². The normalized spacial score (nSPS) is 12.2. The minimum atomic E-state index is -0.135. The molecule has 0 aromatic heterocycles. The number of benzene rings is 1. The first-order valence-electron chi connectivity index (χ1n) is 6.35. The topological polar surface area (TPSA) is 32.3 Å². The Morgan fingerprint density at radius 1 is 1.28 bits per heavy atom. The van der Waals surface area contributed by atoms with E-state index in [-0.39, 0.29) is 11.9 Å². The molecule has 0 saturated heterocycles. The molecule has 1 atom stereocenters. The van der Waals surface area contributed by atoms with Crippen LogP contribution in [0.2, 0.25) is 0 Å². The van der Waals surface area contributed by atoms with Gasteiger partial charge in [-0.15, -0.1) is 0 Å². The number of carbonyl (C=O) groups is 1. The van der Waals surface area contributed by atoms with Crippen molar-refractivity contribution in [1.82, 2.24) is 10.2 Å². The lowest BCUT2D eigenvalue weighted by Crippen LogP contribution is -2.44. The zero-order valence-corrected chi connectivity index (χ0v) is 13.4. The summed E-state index contributed by atoms with van der Waals surface area (Å²) in [5.74, 6) is 0.172. The minimum absolute atomic E-state index is 0.135. The standard InChI is InChI=1S/C14H21IN2O/c1-4-17(5-2)14(18)11(3)16-10-12-6-8-13(15)9-7-12/h6-9,11,16H,4-5,10H2,1-3H3. The van der Waals surface area contributed by atoms with Crippen LogP contribution in [0.25, 0.3) is 0 Å². The minimum Gasteiger partial charge on any atom is -0.342 e. The summed E-state index contributed by atoms with van der Waals surface area (Å²) < 4.78 is 1.23. The first-order chi connectivity index (χ1) is 8.58. The summed E-state index contributed by atoms with van der Waals surface area (Å²) in [6.07, 6.45) is 0. The smallest absolute Gasteiger partial charge is 0.239 e. The molecule has 1 N–H and O–H groups in total. The highest BCUT2D eigenvalue weighted by Crippen LogP contribution is 2.07. The molecular formula is C14H21IN2O. The molecule has 1 unspecified atom stereocenters. The van der Waals surface area contributed by atoms with Gasteiger partial charge in [-0.1, -0.05) is 12.1 Å². The predicted octanol–water partition coefficient (Wildman–Crippen LogP) is 2.64. The lowest BCUT2D eigenvalue weighted by Gasteiger charge is -2.23. The predicted molar refractivity (Wildman–Crippen MR) is 83.4 cm³/mol. The Bertz CT molecular complexity index is 374. The number of hydrogen-bond acceptors (Lipinski definition) is 2. The fourth-order valence-electron chi connectivity index (χ4n) is 1.77. The van der Waals surface area contributed by atoms with Crippen molar-refractivity contribution < 1.29 is 4.79 Å². The lowest BCUT2D eigenvalue weighted by molar-refractivity contribution is -0.132. The molecule has 1 aromatic rings. The molecule has 0 heterocycles. The van der Waals surface area contributed by atoms with E-state index in [9.17, 15) is 4.79 Å². The van der Waals surface area contributed by atoms with Gasteiger partial charge in [-0.05, 0) is 61.1 Å². The van der Waals surface area contributed by atoms with Gasteiger partial charge in [0.25, 0.3) is 0 Å². The first kappa shape index (κ1) is 15.4. The van der Waals surface area contributed by atoms with E-state index in [4.69, 9.17) is 0 Å². The highest BCUT2D eigenvalue weighted by Gasteiger charge is 2.17. The number of carbonyl (C=O) groups excluding carboxylic acids is 1. The molecule has 18 heavy (non-hydrogen) atoms. The van der Waals surface area contributed by atoms with Crippen LogP contribution in [0.3, 0.4) is 0 Å². The van der Waals surface area contributed by atoms with Gasteiger partial charge < -0.3 is 10.2 Å². The molecule has 0 saturated carbocycles. The number of hydrogen-bond donors (Lipinski definition) is 1. The van der Waals surface area contributed by atoms with Crippen LogP contribution in [0.15, 0.2) is 24.3 Å². The maximum Gasteiger partial charge on any atom is 0.239 e. The van der Waals surface area contributed by atoms with Crippen molar-refractivity contribution in [2.75, 3.05) is 13.1 Å². The Labute approximate surface area is 123 Å². The quantitative estimate of drug-likeness (QED) is 0.792. The van der Waals surface area contributed by atoms with Crippen LogP contribution in [-0.2, 0) is 11.3 Å². The number of likely N-dealkylation sites (N-methyl/N-ethyl adjacent to an activating group) is 1. The van der Waals surface area contributed by atoms with Gasteiger partial charge in [0.2, 0.25) is 5.91 Å². The highest BCUT2D eigenvalue weighted by atomic mass is 127. The number of halogens is 1. The SMILES string of the molecule is CCN(CC)C(=O)C(C)NCc1ccc(I)cc1. The van der Waals surface area contributed by atoms with Crippen LogP contribution >= 0.6 is 22.6 Å². The number of amides is 1. The van der Waals surface area contributed by atoms with Gasteiger partial charge in [-0.2, -0.15) is 0 Å². The molecule has 0 aliphatic carbocycles. The fraction of sp³-hybridized carbons (Fsp3) is 0.500. The van der Waals surface area contributed by atoms with Crippen LogP contribution in [0.1, 0.15) is 26.3 Å². The zero-order chi connectivity index (χ0) is 13.5. The maximum atomic E-state index is 12.0. The van der Waals surface area contributed by atoms with E-state index in [0.29, 0.717) is 0 Å². The van der Waals surface area contributed by atoms with Crippen molar-refractivity contribution in [2.45, 2.75) is 33.4 Å². The van der Waals surface area contributed by atoms with Gasteiger partial charge in [0.15, 0.2) is 0 Å². The van der Waals surface area contributed by atoms with E-state index in [1.54, 1.807) is 0 Å². The third kappa shape index (κ3) is 4.57. The number of rotatable bonds is 6. The van der Waals surface area contributed by atoms with E-state index in [2.05, 4.69) is 52.2 Å². The highest BCUT2D eigenvalue weighted by molar-refractivity contribution is 14.1. The van der Waals surface area contributed by atoms with Crippen LogP contribution in [0, 0.1) is 3.57 Å². The molecule has 0 fully saturated rings. The monoisotopic (exact) mass is 360 g/mol. The molecule has 0 spiro atoms. The Morgan fingerprint density at radius 3 is 2.33 bits per heavy atom. The lowest BCUT2D eigenvalue weighted by atomic mass is 10.2. The summed E-state index contributed by atoms with van der Waals surface area (Å²) in [6, 6.07) is 8.19. The molecule has 1 rings (SSSR count). The molecular weight excluding hydrogens is 339 g/mol. The molecule has 1 amide bonds. The van der Waals surface area contributed by atoms with Crippen LogP contribution < -0.4 is 5.32 Å². The fourth-order valence-corrected chi connectivity index (χ4v) is 2.13. The van der Waals surface area contributed by atoms with E-state index in [0.717, 1.165) is 19.6 Å². The Balaban J connectivity index is 2.47. The van der Waals surface area contributed by atoms with Crippen molar-refractivity contribution in [3.63, 3.8) is 0 Å². The molecule has 3 nitrogen and oxygen atoms in total. The van der Waals surface area contributed by atoms with Gasteiger partial charge in [-0.3, -0.25) is 4.79 Å². The summed E-state index contributed by atoms with van der Waals surface area (Å²) in [7, 11) is 0. The molecule has 0 aliphatic heterocycles. The maximum absolute atomic E-state index is 12.0. The molecule has 0 aliphatic rings. The van der Waals surface area contributed by atoms with Crippen molar-refractivity contribution in [3.8, 4) is 0 Å². The molecule has 0 bridgehead atoms. The third-order valence-corrected chi connectivity index (χ3v) is 3.69. The summed E-state index contributed by atoms with van der Waals surface area (Å²) in [5.41, 5.74) is 1.20. The largest absolute Gasteiger partial charge is 0.342 e. The van der Waals surface area contributed by atoms with Gasteiger partial charge >= 0.3 is 0 Å². The Hall–Kier alpha value is -0.620. The van der Waals surface area contributed by atoms with Crippen molar-refractivity contribution >= 4 is 28.5 Å². The van der Waals surface area contributed by atoms with Crippen LogP contribution in [0.5, 0.6) is 0 Å². The van der Waals surface area contributed by atoms with E-state index in [1.165, 1.54) is 9.13 Å². The average Bonchev–Trinajstić information content (AvgIpc) is 2.39. The zero-order valence-electron chi connectivity index (χ0n) is 11.2. The van der Waals surface area contributed by atoms with Crippen molar-refractivity contribution in [3.05, 3.63) is 33.4 Å². The van der Waals surface area contributed by atoms with Crippen LogP contribution in [-0.4, -0.2) is 29.9 Å². The molecule has 0 radical (unpaired) electrons. The van der Waals surface area contributed by atoms with E-state index >= 15 is 0 Å². The molecule has 1 aromatic carbocycles. The number of nitrogens with one attached hydrogen (secondary N) is 1. The van der Waals surface area contributed by atoms with Gasteiger partial charge in [0, 0.05) is 23.2 Å². The van der Waals surface area contributed by atoms with E-state index in [1.807, 2.05) is 25.7 Å². The Kier molecular flexibility index (Phi) is 6.63. The summed E-state index contributed by atoms with van der Waals surface area (Å²) in [5, 5.41) is 3.27. The van der Waals surface area contributed by atoms with Gasteiger partial charge in [0.05, 0.1) is 6.04 Å². The Morgan fingerprint density at radius 2 is 1.83 bits per heavy atom. The second-order valence-electron chi connectivity index (χ2n) is 4.24. The van der Waals surface area contributed by atoms with Crippen LogP contribution in [0.4, 0.5) is 0 Å². The number of nitrogens with zero attached hydrogens (tertiary/aromatic N) is 1. The third-order valence-electron chi connectivity index (χ3n) is 2.97. The second kappa shape index (κ2) is 7.74. The summed E-state index contributed by atoms with van der Waals surface area (Å²) >= 11 is 2.29. The summed E-state index contributed by atoms with van der Waals surface area (Å²) in [6.45, 7) is 8.20.